The lowest BCUT2D eigenvalue weighted by Crippen LogP contribution is -2.18. The Morgan fingerprint density at radius 2 is 2.10 bits per heavy atom. The van der Waals surface area contributed by atoms with Crippen LogP contribution in [0.15, 0.2) is 56.7 Å². The maximum atomic E-state index is 6.14. The van der Waals surface area contributed by atoms with Gasteiger partial charge in [0.25, 0.3) is 0 Å². The molecule has 0 atom stereocenters. The highest BCUT2D eigenvalue weighted by Gasteiger charge is 2.06. The molecule has 0 saturated carbocycles. The standard InChI is InChI=1S/C16H17BrClNOS/c1-20-8-7-19-11-12-5-6-14(18)10-16(12)21-15-4-2-3-13(17)9-15/h2-6,9-10,19H,7-8,11H2,1H3. The molecule has 0 bridgehead atoms. The molecule has 0 aromatic heterocycles. The van der Waals surface area contributed by atoms with E-state index in [1.807, 2.05) is 24.3 Å². The number of hydrogen-bond acceptors (Lipinski definition) is 3. The van der Waals surface area contributed by atoms with Crippen molar-refractivity contribution in [2.24, 2.45) is 0 Å². The third kappa shape index (κ3) is 5.64. The number of benzene rings is 2. The Balaban J connectivity index is 2.11. The number of methoxy groups -OCH3 is 1. The summed E-state index contributed by atoms with van der Waals surface area (Å²) in [6.07, 6.45) is 0. The Morgan fingerprint density at radius 3 is 2.86 bits per heavy atom. The van der Waals surface area contributed by atoms with Crippen molar-refractivity contribution in [1.82, 2.24) is 5.32 Å². The first-order chi connectivity index (χ1) is 10.2. The minimum Gasteiger partial charge on any atom is -0.383 e. The number of ether oxygens (including phenoxy) is 1. The lowest BCUT2D eigenvalue weighted by molar-refractivity contribution is 0.199. The molecule has 1 N–H and O–H groups in total. The summed E-state index contributed by atoms with van der Waals surface area (Å²) in [4.78, 5) is 2.36. The molecule has 0 radical (unpaired) electrons. The maximum absolute atomic E-state index is 6.14. The highest BCUT2D eigenvalue weighted by Crippen LogP contribution is 2.33. The van der Waals surface area contributed by atoms with E-state index in [1.54, 1.807) is 18.9 Å². The summed E-state index contributed by atoms with van der Waals surface area (Å²) in [6, 6.07) is 14.3. The monoisotopic (exact) mass is 385 g/mol. The van der Waals surface area contributed by atoms with Crippen molar-refractivity contribution < 1.29 is 4.74 Å². The van der Waals surface area contributed by atoms with Gasteiger partial charge in [-0.3, -0.25) is 0 Å². The van der Waals surface area contributed by atoms with Crippen LogP contribution in [-0.2, 0) is 11.3 Å². The summed E-state index contributed by atoms with van der Waals surface area (Å²) in [6.45, 7) is 2.35. The van der Waals surface area contributed by atoms with E-state index in [9.17, 15) is 0 Å². The number of nitrogens with one attached hydrogen (secondary N) is 1. The maximum Gasteiger partial charge on any atom is 0.0587 e. The second-order valence-electron chi connectivity index (χ2n) is 4.48. The quantitative estimate of drug-likeness (QED) is 0.677. The second-order valence-corrected chi connectivity index (χ2v) is 6.95. The highest BCUT2D eigenvalue weighted by molar-refractivity contribution is 9.10. The molecule has 0 aliphatic heterocycles. The van der Waals surface area contributed by atoms with Crippen LogP contribution >= 0.6 is 39.3 Å². The Morgan fingerprint density at radius 1 is 1.24 bits per heavy atom. The molecule has 0 saturated heterocycles. The normalized spacial score (nSPS) is 10.8. The molecular weight excluding hydrogens is 370 g/mol. The molecule has 21 heavy (non-hydrogen) atoms. The van der Waals surface area contributed by atoms with E-state index in [4.69, 9.17) is 16.3 Å². The molecule has 2 nitrogen and oxygen atoms in total. The van der Waals surface area contributed by atoms with Crippen molar-refractivity contribution in [2.75, 3.05) is 20.3 Å². The van der Waals surface area contributed by atoms with Crippen LogP contribution in [0, 0.1) is 0 Å². The van der Waals surface area contributed by atoms with Crippen molar-refractivity contribution in [3.05, 3.63) is 57.5 Å². The van der Waals surface area contributed by atoms with Gasteiger partial charge in [0.1, 0.15) is 0 Å². The van der Waals surface area contributed by atoms with E-state index in [1.165, 1.54) is 15.4 Å². The van der Waals surface area contributed by atoms with Crippen LogP contribution in [-0.4, -0.2) is 20.3 Å². The lowest BCUT2D eigenvalue weighted by Gasteiger charge is -2.11. The van der Waals surface area contributed by atoms with E-state index in [-0.39, 0.29) is 0 Å². The molecule has 0 aliphatic rings. The van der Waals surface area contributed by atoms with Gasteiger partial charge in [-0.2, -0.15) is 0 Å². The fraction of sp³-hybridized carbons (Fsp3) is 0.250. The highest BCUT2D eigenvalue weighted by atomic mass is 79.9. The van der Waals surface area contributed by atoms with Gasteiger partial charge in [-0.1, -0.05) is 51.4 Å². The van der Waals surface area contributed by atoms with E-state index in [0.29, 0.717) is 6.61 Å². The summed E-state index contributed by atoms with van der Waals surface area (Å²) >= 11 is 11.4. The summed E-state index contributed by atoms with van der Waals surface area (Å²) in [7, 11) is 1.71. The first-order valence-corrected chi connectivity index (χ1v) is 8.59. The zero-order valence-corrected chi connectivity index (χ0v) is 14.9. The number of rotatable bonds is 7. The van der Waals surface area contributed by atoms with Crippen molar-refractivity contribution in [3.63, 3.8) is 0 Å². The smallest absolute Gasteiger partial charge is 0.0587 e. The predicted octanol–water partition coefficient (Wildman–Crippen LogP) is 4.99. The predicted molar refractivity (Wildman–Crippen MR) is 93.3 cm³/mol. The Hall–Kier alpha value is -0.520. The summed E-state index contributed by atoms with van der Waals surface area (Å²) in [5, 5.41) is 4.13. The van der Waals surface area contributed by atoms with Crippen molar-refractivity contribution >= 4 is 39.3 Å². The molecule has 112 valence electrons. The number of halogens is 2. The third-order valence-electron chi connectivity index (χ3n) is 2.85. The topological polar surface area (TPSA) is 21.3 Å². The van der Waals surface area contributed by atoms with Crippen LogP contribution in [0.4, 0.5) is 0 Å². The average Bonchev–Trinajstić information content (AvgIpc) is 2.45. The second kappa shape index (κ2) is 8.81. The van der Waals surface area contributed by atoms with Gasteiger partial charge in [0.2, 0.25) is 0 Å². The van der Waals surface area contributed by atoms with Gasteiger partial charge >= 0.3 is 0 Å². The summed E-state index contributed by atoms with van der Waals surface area (Å²) < 4.78 is 6.12. The van der Waals surface area contributed by atoms with Gasteiger partial charge in [0.15, 0.2) is 0 Å². The van der Waals surface area contributed by atoms with Crippen LogP contribution in [0.1, 0.15) is 5.56 Å². The fourth-order valence-electron chi connectivity index (χ4n) is 1.82. The molecule has 5 heteroatoms. The van der Waals surface area contributed by atoms with Crippen LogP contribution in [0.5, 0.6) is 0 Å². The SMILES string of the molecule is COCCNCc1ccc(Cl)cc1Sc1cccc(Br)c1. The van der Waals surface area contributed by atoms with Crippen LogP contribution in [0.25, 0.3) is 0 Å². The van der Waals surface area contributed by atoms with Gasteiger partial charge in [0, 0.05) is 39.5 Å². The van der Waals surface area contributed by atoms with Crippen molar-refractivity contribution in [3.8, 4) is 0 Å². The molecule has 0 unspecified atom stereocenters. The molecule has 0 aliphatic carbocycles. The lowest BCUT2D eigenvalue weighted by atomic mass is 10.2. The molecular formula is C16H17BrClNOS. The Labute approximate surface area is 143 Å². The van der Waals surface area contributed by atoms with Gasteiger partial charge in [-0.05, 0) is 35.9 Å². The van der Waals surface area contributed by atoms with E-state index in [2.05, 4.69) is 39.4 Å². The van der Waals surface area contributed by atoms with Crippen LogP contribution in [0.3, 0.4) is 0 Å². The molecule has 0 fully saturated rings. The van der Waals surface area contributed by atoms with Crippen LogP contribution in [0.2, 0.25) is 5.02 Å². The molecule has 0 spiro atoms. The third-order valence-corrected chi connectivity index (χ3v) is 4.67. The molecule has 0 amide bonds. The minimum atomic E-state index is 0.710. The Kier molecular flexibility index (Phi) is 7.07. The molecule has 2 aromatic rings. The van der Waals surface area contributed by atoms with E-state index < -0.39 is 0 Å². The van der Waals surface area contributed by atoms with Gasteiger partial charge in [0.05, 0.1) is 6.61 Å². The Bertz CT molecular complexity index is 594. The zero-order valence-electron chi connectivity index (χ0n) is 11.7. The van der Waals surface area contributed by atoms with Crippen molar-refractivity contribution in [1.29, 1.82) is 0 Å². The fourth-order valence-corrected chi connectivity index (χ4v) is 3.66. The molecule has 2 aromatic carbocycles. The first-order valence-electron chi connectivity index (χ1n) is 6.60. The van der Waals surface area contributed by atoms with E-state index in [0.717, 1.165) is 22.6 Å². The number of hydrogen-bond donors (Lipinski definition) is 1. The zero-order chi connectivity index (χ0) is 15.1. The first kappa shape index (κ1) is 16.8. The largest absolute Gasteiger partial charge is 0.383 e. The van der Waals surface area contributed by atoms with Gasteiger partial charge in [-0.15, -0.1) is 0 Å². The van der Waals surface area contributed by atoms with E-state index >= 15 is 0 Å². The molecule has 2 rings (SSSR count). The average molecular weight is 387 g/mol. The summed E-state index contributed by atoms with van der Waals surface area (Å²) in [5.74, 6) is 0. The van der Waals surface area contributed by atoms with Crippen LogP contribution < -0.4 is 5.32 Å². The van der Waals surface area contributed by atoms with Gasteiger partial charge in [-0.25, -0.2) is 0 Å². The van der Waals surface area contributed by atoms with Crippen molar-refractivity contribution in [2.45, 2.75) is 16.3 Å². The summed E-state index contributed by atoms with van der Waals surface area (Å²) in [5.41, 5.74) is 1.24. The molecule has 0 heterocycles. The van der Waals surface area contributed by atoms with Gasteiger partial charge < -0.3 is 10.1 Å². The minimum absolute atomic E-state index is 0.710.